The Balaban J connectivity index is 1.96. The van der Waals surface area contributed by atoms with Crippen LogP contribution in [0.4, 0.5) is 10.1 Å². The summed E-state index contributed by atoms with van der Waals surface area (Å²) in [6, 6.07) is 3.21. The number of aryl methyl sites for hydroxylation is 1. The fourth-order valence-corrected chi connectivity index (χ4v) is 2.92. The molecule has 0 spiro atoms. The van der Waals surface area contributed by atoms with Gasteiger partial charge in [0, 0.05) is 12.2 Å². The zero-order valence-electron chi connectivity index (χ0n) is 11.5. The Morgan fingerprint density at radius 2 is 2.10 bits per heavy atom. The third kappa shape index (κ3) is 2.37. The Bertz CT molecular complexity index is 616. The molecule has 1 aromatic heterocycles. The molecule has 20 heavy (non-hydrogen) atoms. The van der Waals surface area contributed by atoms with Gasteiger partial charge in [-0.1, -0.05) is 12.8 Å². The van der Waals surface area contributed by atoms with Gasteiger partial charge in [0.1, 0.15) is 5.82 Å². The molecule has 1 aliphatic rings. The lowest BCUT2D eigenvalue weighted by Crippen LogP contribution is -2.11. The van der Waals surface area contributed by atoms with Crippen molar-refractivity contribution < 1.29 is 4.39 Å². The minimum atomic E-state index is -0.304. The van der Waals surface area contributed by atoms with Gasteiger partial charge in [-0.25, -0.2) is 9.07 Å². The van der Waals surface area contributed by atoms with E-state index in [1.165, 1.54) is 25.7 Å². The van der Waals surface area contributed by atoms with Crippen LogP contribution in [0.2, 0.25) is 0 Å². The number of rotatable bonds is 3. The summed E-state index contributed by atoms with van der Waals surface area (Å²) in [4.78, 5) is 0. The summed E-state index contributed by atoms with van der Waals surface area (Å²) in [7, 11) is 0. The Kier molecular flexibility index (Phi) is 3.38. The molecule has 3 rings (SSSR count). The first-order valence-corrected chi connectivity index (χ1v) is 6.97. The van der Waals surface area contributed by atoms with Gasteiger partial charge < -0.3 is 5.73 Å². The predicted octanol–water partition coefficient (Wildman–Crippen LogP) is 2.56. The second-order valence-electron chi connectivity index (χ2n) is 5.53. The van der Waals surface area contributed by atoms with Crippen molar-refractivity contribution in [3.63, 3.8) is 0 Å². The molecular formula is C14H18FN5. The van der Waals surface area contributed by atoms with Crippen LogP contribution in [-0.2, 0) is 6.54 Å². The normalized spacial score (nSPS) is 15.9. The van der Waals surface area contributed by atoms with Gasteiger partial charge in [-0.3, -0.25) is 0 Å². The van der Waals surface area contributed by atoms with Crippen molar-refractivity contribution >= 4 is 5.69 Å². The summed E-state index contributed by atoms with van der Waals surface area (Å²) in [5, 5.41) is 11.7. The maximum absolute atomic E-state index is 14.3. The molecule has 6 heteroatoms. The Hall–Kier alpha value is -1.98. The molecule has 0 aliphatic heterocycles. The van der Waals surface area contributed by atoms with E-state index in [-0.39, 0.29) is 5.82 Å². The quantitative estimate of drug-likeness (QED) is 0.874. The SMILES string of the molecule is Cc1cc(N)cc(-c2nnnn2CC2CCCC2)c1F. The summed E-state index contributed by atoms with van der Waals surface area (Å²) >= 11 is 0. The molecule has 5 nitrogen and oxygen atoms in total. The van der Waals surface area contributed by atoms with E-state index in [0.717, 1.165) is 6.54 Å². The number of anilines is 1. The van der Waals surface area contributed by atoms with Gasteiger partial charge in [-0.05, 0) is 53.8 Å². The summed E-state index contributed by atoms with van der Waals surface area (Å²) < 4.78 is 16.0. The van der Waals surface area contributed by atoms with Crippen molar-refractivity contribution in [3.05, 3.63) is 23.5 Å². The van der Waals surface area contributed by atoms with Gasteiger partial charge in [0.15, 0.2) is 5.82 Å². The molecule has 1 fully saturated rings. The number of aromatic nitrogens is 4. The summed E-state index contributed by atoms with van der Waals surface area (Å²) in [6.07, 6.45) is 4.90. The fourth-order valence-electron chi connectivity index (χ4n) is 2.92. The highest BCUT2D eigenvalue weighted by molar-refractivity contribution is 5.63. The standard InChI is InChI=1S/C14H18FN5/c1-9-6-11(16)7-12(13(9)15)14-17-18-19-20(14)8-10-4-2-3-5-10/h6-7,10H,2-5,8,16H2,1H3. The lowest BCUT2D eigenvalue weighted by molar-refractivity contribution is 0.424. The Morgan fingerprint density at radius 3 is 2.85 bits per heavy atom. The van der Waals surface area contributed by atoms with Crippen LogP contribution in [-0.4, -0.2) is 20.2 Å². The molecular weight excluding hydrogens is 257 g/mol. The monoisotopic (exact) mass is 275 g/mol. The van der Waals surface area contributed by atoms with Gasteiger partial charge in [0.2, 0.25) is 0 Å². The molecule has 2 aromatic rings. The molecule has 0 saturated heterocycles. The van der Waals surface area contributed by atoms with Crippen molar-refractivity contribution in [1.29, 1.82) is 0 Å². The average Bonchev–Trinajstić information content (AvgIpc) is 3.06. The summed E-state index contributed by atoms with van der Waals surface area (Å²) in [5.74, 6) is 0.744. The van der Waals surface area contributed by atoms with E-state index in [4.69, 9.17) is 5.73 Å². The van der Waals surface area contributed by atoms with Gasteiger partial charge in [-0.15, -0.1) is 5.10 Å². The molecule has 1 heterocycles. The molecule has 0 unspecified atom stereocenters. The van der Waals surface area contributed by atoms with E-state index in [0.29, 0.717) is 28.6 Å². The first-order valence-electron chi connectivity index (χ1n) is 6.97. The molecule has 0 radical (unpaired) electrons. The molecule has 1 aliphatic carbocycles. The van der Waals surface area contributed by atoms with Crippen LogP contribution in [0.1, 0.15) is 31.2 Å². The lowest BCUT2D eigenvalue weighted by atomic mass is 10.1. The Labute approximate surface area is 117 Å². The molecule has 1 aromatic carbocycles. The van der Waals surface area contributed by atoms with Gasteiger partial charge in [0.05, 0.1) is 5.56 Å². The second-order valence-corrected chi connectivity index (χ2v) is 5.53. The van der Waals surface area contributed by atoms with E-state index < -0.39 is 0 Å². The minimum absolute atomic E-state index is 0.304. The van der Waals surface area contributed by atoms with Gasteiger partial charge in [-0.2, -0.15) is 0 Å². The molecule has 0 amide bonds. The third-order valence-corrected chi connectivity index (χ3v) is 3.96. The van der Waals surface area contributed by atoms with E-state index in [1.54, 1.807) is 23.7 Å². The number of hydrogen-bond donors (Lipinski definition) is 1. The number of hydrogen-bond acceptors (Lipinski definition) is 4. The number of nitrogen functional groups attached to an aromatic ring is 1. The summed E-state index contributed by atoms with van der Waals surface area (Å²) in [5.41, 5.74) is 7.22. The second kappa shape index (κ2) is 5.19. The van der Waals surface area contributed by atoms with Crippen LogP contribution in [0.15, 0.2) is 12.1 Å². The predicted molar refractivity (Wildman–Crippen MR) is 74.3 cm³/mol. The molecule has 106 valence electrons. The number of tetrazole rings is 1. The van der Waals surface area contributed by atoms with Crippen LogP contribution in [0.25, 0.3) is 11.4 Å². The van der Waals surface area contributed by atoms with Crippen molar-refractivity contribution in [3.8, 4) is 11.4 Å². The number of halogens is 1. The molecule has 0 bridgehead atoms. The lowest BCUT2D eigenvalue weighted by Gasteiger charge is -2.11. The first-order chi connectivity index (χ1) is 9.65. The maximum atomic E-state index is 14.3. The highest BCUT2D eigenvalue weighted by atomic mass is 19.1. The van der Waals surface area contributed by atoms with Crippen molar-refractivity contribution in [1.82, 2.24) is 20.2 Å². The van der Waals surface area contributed by atoms with Crippen LogP contribution in [0.5, 0.6) is 0 Å². The number of nitrogens with zero attached hydrogens (tertiary/aromatic N) is 4. The average molecular weight is 275 g/mol. The van der Waals surface area contributed by atoms with Crippen molar-refractivity contribution in [2.75, 3.05) is 5.73 Å². The number of nitrogens with two attached hydrogens (primary N) is 1. The van der Waals surface area contributed by atoms with Crippen LogP contribution in [0, 0.1) is 18.7 Å². The van der Waals surface area contributed by atoms with Crippen LogP contribution in [0.3, 0.4) is 0 Å². The van der Waals surface area contributed by atoms with Crippen LogP contribution >= 0.6 is 0 Å². The zero-order chi connectivity index (χ0) is 14.1. The van der Waals surface area contributed by atoms with Gasteiger partial charge in [0.25, 0.3) is 0 Å². The molecule has 0 atom stereocenters. The first kappa shape index (κ1) is 13.0. The van der Waals surface area contributed by atoms with E-state index in [2.05, 4.69) is 15.5 Å². The zero-order valence-corrected chi connectivity index (χ0v) is 11.5. The Morgan fingerprint density at radius 1 is 1.35 bits per heavy atom. The molecule has 1 saturated carbocycles. The summed E-state index contributed by atoms with van der Waals surface area (Å²) in [6.45, 7) is 2.44. The van der Waals surface area contributed by atoms with Crippen LogP contribution < -0.4 is 5.73 Å². The molecule has 2 N–H and O–H groups in total. The van der Waals surface area contributed by atoms with Gasteiger partial charge >= 0.3 is 0 Å². The van der Waals surface area contributed by atoms with Crippen molar-refractivity contribution in [2.45, 2.75) is 39.2 Å². The minimum Gasteiger partial charge on any atom is -0.399 e. The number of benzene rings is 1. The largest absolute Gasteiger partial charge is 0.399 e. The maximum Gasteiger partial charge on any atom is 0.185 e. The van der Waals surface area contributed by atoms with E-state index in [9.17, 15) is 4.39 Å². The van der Waals surface area contributed by atoms with E-state index >= 15 is 0 Å². The highest BCUT2D eigenvalue weighted by Gasteiger charge is 2.21. The van der Waals surface area contributed by atoms with Crippen molar-refractivity contribution in [2.24, 2.45) is 5.92 Å². The van der Waals surface area contributed by atoms with E-state index in [1.807, 2.05) is 0 Å². The highest BCUT2D eigenvalue weighted by Crippen LogP contribution is 2.29. The third-order valence-electron chi connectivity index (χ3n) is 3.96. The smallest absolute Gasteiger partial charge is 0.185 e. The fraction of sp³-hybridized carbons (Fsp3) is 0.500. The topological polar surface area (TPSA) is 69.6 Å².